The Morgan fingerprint density at radius 2 is 1.32 bits per heavy atom. The van der Waals surface area contributed by atoms with Crippen molar-refractivity contribution >= 4 is 25.4 Å². The van der Waals surface area contributed by atoms with Crippen LogP contribution < -0.4 is 24.6 Å². The summed E-state index contributed by atoms with van der Waals surface area (Å²) in [5, 5.41) is 2.23. The molecule has 204 valence electrons. The Morgan fingerprint density at radius 3 is 1.76 bits per heavy atom. The lowest BCUT2D eigenvalue weighted by Crippen LogP contribution is -2.52. The van der Waals surface area contributed by atoms with Gasteiger partial charge in [-0.2, -0.15) is 0 Å². The second-order valence-electron chi connectivity index (χ2n) is 10.3. The first-order chi connectivity index (χ1) is 18.2. The first kappa shape index (κ1) is 29.3. The van der Waals surface area contributed by atoms with Crippen LogP contribution in [-0.2, 0) is 20.4 Å². The number of carbonyl (C=O) groups is 1. The number of aryl methyl sites for hydroxylation is 1. The smallest absolute Gasteiger partial charge is 0.334 e. The zero-order valence-corrected chi connectivity index (χ0v) is 24.7. The van der Waals surface area contributed by atoms with E-state index < -0.39 is 15.1 Å². The SMILES string of the molecule is COC(=O)C(O[SiH](c1ccccc1)c1ccccc1)C(CCc1ccc(OC)c(OC)c1OC)C(C)(C)C. The van der Waals surface area contributed by atoms with Gasteiger partial charge in [0.05, 0.1) is 28.4 Å². The Balaban J connectivity index is 1.99. The molecule has 0 aromatic heterocycles. The number of hydrogen-bond acceptors (Lipinski definition) is 6. The van der Waals surface area contributed by atoms with E-state index in [4.69, 9.17) is 23.4 Å². The van der Waals surface area contributed by atoms with Gasteiger partial charge in [-0.05, 0) is 46.2 Å². The summed E-state index contributed by atoms with van der Waals surface area (Å²) >= 11 is 0. The Morgan fingerprint density at radius 1 is 0.763 bits per heavy atom. The van der Waals surface area contributed by atoms with Crippen molar-refractivity contribution in [1.29, 1.82) is 0 Å². The van der Waals surface area contributed by atoms with E-state index in [1.165, 1.54) is 7.11 Å². The fraction of sp³-hybridized carbons (Fsp3) is 0.387. The van der Waals surface area contributed by atoms with Gasteiger partial charge < -0.3 is 23.4 Å². The minimum Gasteiger partial charge on any atom is -0.493 e. The number of rotatable bonds is 12. The lowest BCUT2D eigenvalue weighted by atomic mass is 9.74. The number of hydrogen-bond donors (Lipinski definition) is 0. The fourth-order valence-electron chi connectivity index (χ4n) is 4.89. The molecular formula is C31H40O6Si. The third-order valence-electron chi connectivity index (χ3n) is 6.91. The first-order valence-corrected chi connectivity index (χ1v) is 14.5. The zero-order chi connectivity index (χ0) is 27.7. The molecule has 2 atom stereocenters. The van der Waals surface area contributed by atoms with E-state index in [0.29, 0.717) is 30.1 Å². The summed E-state index contributed by atoms with van der Waals surface area (Å²) in [4.78, 5) is 13.3. The van der Waals surface area contributed by atoms with Crippen LogP contribution in [0.3, 0.4) is 0 Å². The molecule has 0 spiro atoms. The van der Waals surface area contributed by atoms with Gasteiger partial charge in [0.1, 0.15) is 6.10 Å². The topological polar surface area (TPSA) is 63.2 Å². The maximum Gasteiger partial charge on any atom is 0.334 e. The Labute approximate surface area is 228 Å². The van der Waals surface area contributed by atoms with Gasteiger partial charge in [-0.15, -0.1) is 0 Å². The molecule has 3 aromatic rings. The highest BCUT2D eigenvalue weighted by molar-refractivity contribution is 6.80. The van der Waals surface area contributed by atoms with E-state index in [1.54, 1.807) is 21.3 Å². The highest BCUT2D eigenvalue weighted by Crippen LogP contribution is 2.42. The highest BCUT2D eigenvalue weighted by atomic mass is 28.3. The van der Waals surface area contributed by atoms with E-state index in [0.717, 1.165) is 15.9 Å². The number of methoxy groups -OCH3 is 4. The van der Waals surface area contributed by atoms with Crippen LogP contribution in [0.1, 0.15) is 32.8 Å². The Kier molecular flexibility index (Phi) is 10.4. The molecule has 3 rings (SSSR count). The highest BCUT2D eigenvalue weighted by Gasteiger charge is 2.40. The van der Waals surface area contributed by atoms with Crippen molar-refractivity contribution in [3.8, 4) is 17.2 Å². The average Bonchev–Trinajstić information content (AvgIpc) is 2.93. The molecule has 0 heterocycles. The van der Waals surface area contributed by atoms with E-state index in [-0.39, 0.29) is 17.3 Å². The molecule has 0 saturated carbocycles. The van der Waals surface area contributed by atoms with E-state index in [1.807, 2.05) is 48.5 Å². The van der Waals surface area contributed by atoms with Gasteiger partial charge >= 0.3 is 5.97 Å². The van der Waals surface area contributed by atoms with Crippen LogP contribution in [0.25, 0.3) is 0 Å². The Hall–Kier alpha value is -3.29. The van der Waals surface area contributed by atoms with Gasteiger partial charge in [-0.3, -0.25) is 0 Å². The average molecular weight is 537 g/mol. The van der Waals surface area contributed by atoms with Crippen LogP contribution in [0.5, 0.6) is 17.2 Å². The van der Waals surface area contributed by atoms with Crippen molar-refractivity contribution < 1.29 is 28.2 Å². The molecule has 0 aliphatic heterocycles. The number of carbonyl (C=O) groups excluding carboxylic acids is 1. The van der Waals surface area contributed by atoms with Gasteiger partial charge in [0.15, 0.2) is 11.5 Å². The molecule has 7 heteroatoms. The lowest BCUT2D eigenvalue weighted by Gasteiger charge is -2.37. The van der Waals surface area contributed by atoms with Gasteiger partial charge in [-0.1, -0.05) is 87.5 Å². The zero-order valence-electron chi connectivity index (χ0n) is 23.5. The van der Waals surface area contributed by atoms with Gasteiger partial charge in [0, 0.05) is 0 Å². The molecule has 0 amide bonds. The summed E-state index contributed by atoms with van der Waals surface area (Å²) < 4.78 is 28.9. The maximum atomic E-state index is 13.3. The molecule has 0 aliphatic rings. The molecule has 0 fully saturated rings. The van der Waals surface area contributed by atoms with Crippen molar-refractivity contribution in [3.05, 3.63) is 78.4 Å². The summed E-state index contributed by atoms with van der Waals surface area (Å²) in [7, 11) is 4.04. The minimum absolute atomic E-state index is 0.129. The van der Waals surface area contributed by atoms with Gasteiger partial charge in [0.2, 0.25) is 14.8 Å². The predicted octanol–water partition coefficient (Wildman–Crippen LogP) is 4.40. The fourth-order valence-corrected chi connectivity index (χ4v) is 7.33. The third kappa shape index (κ3) is 6.97. The summed E-state index contributed by atoms with van der Waals surface area (Å²) in [5.74, 6) is 1.32. The monoisotopic (exact) mass is 536 g/mol. The van der Waals surface area contributed by atoms with Crippen LogP contribution in [-0.4, -0.2) is 49.6 Å². The van der Waals surface area contributed by atoms with Crippen LogP contribution in [0, 0.1) is 11.3 Å². The number of esters is 1. The molecular weight excluding hydrogens is 496 g/mol. The summed E-state index contributed by atoms with van der Waals surface area (Å²) in [5.41, 5.74) is 0.734. The second kappa shape index (κ2) is 13.5. The molecule has 3 aromatic carbocycles. The van der Waals surface area contributed by atoms with Crippen molar-refractivity contribution in [2.24, 2.45) is 11.3 Å². The van der Waals surface area contributed by atoms with Crippen LogP contribution >= 0.6 is 0 Å². The van der Waals surface area contributed by atoms with Crippen LogP contribution in [0.4, 0.5) is 0 Å². The standard InChI is InChI=1S/C31H40O6Si/c1-31(2,3)25(20-18-22-19-21-26(33-4)29(35-6)27(22)34-5)28(30(32)36-7)37-38(23-14-10-8-11-15-23)24-16-12-9-13-17-24/h8-17,19,21,25,28,38H,18,20H2,1-7H3. The predicted molar refractivity (Wildman–Crippen MR) is 154 cm³/mol. The molecule has 0 bridgehead atoms. The first-order valence-electron chi connectivity index (χ1n) is 12.9. The van der Waals surface area contributed by atoms with Crippen molar-refractivity contribution in [3.63, 3.8) is 0 Å². The molecule has 0 saturated heterocycles. The number of ether oxygens (including phenoxy) is 4. The lowest BCUT2D eigenvalue weighted by molar-refractivity contribution is -0.154. The molecule has 0 N–H and O–H groups in total. The molecule has 38 heavy (non-hydrogen) atoms. The maximum absolute atomic E-state index is 13.3. The van der Waals surface area contributed by atoms with Crippen LogP contribution in [0.2, 0.25) is 0 Å². The van der Waals surface area contributed by atoms with E-state index >= 15 is 0 Å². The van der Waals surface area contributed by atoms with Crippen molar-refractivity contribution in [1.82, 2.24) is 0 Å². The summed E-state index contributed by atoms with van der Waals surface area (Å²) in [6.07, 6.45) is 0.605. The van der Waals surface area contributed by atoms with Gasteiger partial charge in [-0.25, -0.2) is 4.79 Å². The van der Waals surface area contributed by atoms with Crippen LogP contribution in [0.15, 0.2) is 72.8 Å². The molecule has 0 aliphatic carbocycles. The molecule has 0 radical (unpaired) electrons. The van der Waals surface area contributed by atoms with E-state index in [9.17, 15) is 4.79 Å². The van der Waals surface area contributed by atoms with Gasteiger partial charge in [0.25, 0.3) is 0 Å². The summed E-state index contributed by atoms with van der Waals surface area (Å²) in [6.45, 7) is 6.43. The molecule has 6 nitrogen and oxygen atoms in total. The van der Waals surface area contributed by atoms with Crippen molar-refractivity contribution in [2.75, 3.05) is 28.4 Å². The third-order valence-corrected chi connectivity index (χ3v) is 9.46. The minimum atomic E-state index is -2.21. The Bertz CT molecular complexity index is 1120. The largest absolute Gasteiger partial charge is 0.493 e. The number of benzene rings is 3. The quantitative estimate of drug-likeness (QED) is 0.253. The van der Waals surface area contributed by atoms with E-state index in [2.05, 4.69) is 45.0 Å². The molecule has 2 unspecified atom stereocenters. The second-order valence-corrected chi connectivity index (χ2v) is 12.7. The summed E-state index contributed by atoms with van der Waals surface area (Å²) in [6, 6.07) is 24.2. The van der Waals surface area contributed by atoms with Crippen molar-refractivity contribution in [2.45, 2.75) is 39.7 Å². The normalized spacial score (nSPS) is 13.1.